The Morgan fingerprint density at radius 3 is 2.60 bits per heavy atom. The molecule has 4 nitrogen and oxygen atoms in total. The maximum absolute atomic E-state index is 10.8. The van der Waals surface area contributed by atoms with Crippen LogP contribution in [0.25, 0.3) is 0 Å². The lowest BCUT2D eigenvalue weighted by Gasteiger charge is -2.14. The summed E-state index contributed by atoms with van der Waals surface area (Å²) in [6, 6.07) is 8.92. The molecule has 1 rings (SSSR count). The van der Waals surface area contributed by atoms with E-state index in [9.17, 15) is 4.79 Å². The van der Waals surface area contributed by atoms with Crippen LogP contribution in [0.5, 0.6) is 5.75 Å². The minimum Gasteiger partial charge on any atom is -0.479 e. The number of carboxylic acids is 1. The number of aliphatic carboxylic acids is 1. The molecule has 15 heavy (non-hydrogen) atoms. The van der Waals surface area contributed by atoms with Crippen LogP contribution < -0.4 is 10.5 Å². The molecule has 0 bridgehead atoms. The van der Waals surface area contributed by atoms with Gasteiger partial charge >= 0.3 is 5.97 Å². The molecule has 4 heteroatoms. The molecule has 0 aliphatic rings. The van der Waals surface area contributed by atoms with Crippen LogP contribution >= 0.6 is 0 Å². The number of hydrogen-bond acceptors (Lipinski definition) is 3. The van der Waals surface area contributed by atoms with Gasteiger partial charge in [0, 0.05) is 0 Å². The van der Waals surface area contributed by atoms with E-state index in [1.165, 1.54) is 0 Å². The molecule has 82 valence electrons. The van der Waals surface area contributed by atoms with Gasteiger partial charge in [0.2, 0.25) is 0 Å². The van der Waals surface area contributed by atoms with Crippen molar-refractivity contribution in [2.24, 2.45) is 5.73 Å². The minimum atomic E-state index is -0.952. The van der Waals surface area contributed by atoms with Crippen LogP contribution in [0.3, 0.4) is 0 Å². The van der Waals surface area contributed by atoms with E-state index in [0.29, 0.717) is 25.1 Å². The highest BCUT2D eigenvalue weighted by Crippen LogP contribution is 2.13. The van der Waals surface area contributed by atoms with Crippen molar-refractivity contribution < 1.29 is 14.6 Å². The van der Waals surface area contributed by atoms with Gasteiger partial charge in [-0.2, -0.15) is 0 Å². The number of ether oxygens (including phenoxy) is 1. The van der Waals surface area contributed by atoms with Crippen LogP contribution in [0.15, 0.2) is 30.3 Å². The lowest BCUT2D eigenvalue weighted by atomic mass is 10.2. The van der Waals surface area contributed by atoms with Crippen LogP contribution in [0.4, 0.5) is 0 Å². The summed E-state index contributed by atoms with van der Waals surface area (Å²) in [4.78, 5) is 10.8. The lowest BCUT2D eigenvalue weighted by Crippen LogP contribution is -2.27. The molecule has 0 radical (unpaired) electrons. The molecule has 1 unspecified atom stereocenters. The first-order valence-electron chi connectivity index (χ1n) is 4.88. The summed E-state index contributed by atoms with van der Waals surface area (Å²) >= 11 is 0. The van der Waals surface area contributed by atoms with E-state index in [4.69, 9.17) is 15.6 Å². The molecule has 0 aromatic heterocycles. The molecule has 0 aliphatic carbocycles. The Bertz CT molecular complexity index is 300. The second-order valence-corrected chi connectivity index (χ2v) is 3.19. The molecular formula is C11H15NO3. The number of carboxylic acid groups (broad SMARTS) is 1. The second kappa shape index (κ2) is 6.03. The second-order valence-electron chi connectivity index (χ2n) is 3.19. The van der Waals surface area contributed by atoms with E-state index in [2.05, 4.69) is 0 Å². The molecule has 0 spiro atoms. The Balaban J connectivity index is 2.55. The van der Waals surface area contributed by atoms with Gasteiger partial charge in [-0.1, -0.05) is 18.2 Å². The Labute approximate surface area is 88.7 Å². The van der Waals surface area contributed by atoms with E-state index in [1.807, 2.05) is 6.07 Å². The van der Waals surface area contributed by atoms with Gasteiger partial charge < -0.3 is 15.6 Å². The fourth-order valence-corrected chi connectivity index (χ4v) is 1.20. The molecule has 0 amide bonds. The van der Waals surface area contributed by atoms with Crippen LogP contribution in [0.1, 0.15) is 12.8 Å². The number of rotatable bonds is 6. The molecule has 0 heterocycles. The fraction of sp³-hybridized carbons (Fsp3) is 0.364. The Hall–Kier alpha value is -1.55. The first-order valence-corrected chi connectivity index (χ1v) is 4.88. The minimum absolute atomic E-state index is 0.431. The summed E-state index contributed by atoms with van der Waals surface area (Å²) in [5, 5.41) is 8.90. The Morgan fingerprint density at radius 2 is 2.07 bits per heavy atom. The summed E-state index contributed by atoms with van der Waals surface area (Å²) in [6.07, 6.45) is 0.265. The first-order chi connectivity index (χ1) is 7.24. The maximum atomic E-state index is 10.8. The average Bonchev–Trinajstić information content (AvgIpc) is 2.25. The predicted octanol–water partition coefficient (Wildman–Crippen LogP) is 1.26. The molecule has 0 saturated heterocycles. The van der Waals surface area contributed by atoms with Crippen molar-refractivity contribution in [2.45, 2.75) is 18.9 Å². The van der Waals surface area contributed by atoms with Gasteiger partial charge in [-0.15, -0.1) is 0 Å². The fourth-order valence-electron chi connectivity index (χ4n) is 1.20. The van der Waals surface area contributed by atoms with Crippen molar-refractivity contribution in [1.29, 1.82) is 0 Å². The van der Waals surface area contributed by atoms with Gasteiger partial charge in [0.05, 0.1) is 0 Å². The molecule has 1 aromatic carbocycles. The molecule has 1 atom stereocenters. The highest BCUT2D eigenvalue weighted by atomic mass is 16.5. The van der Waals surface area contributed by atoms with Crippen LogP contribution in [0, 0.1) is 0 Å². The van der Waals surface area contributed by atoms with Crippen molar-refractivity contribution in [1.82, 2.24) is 0 Å². The third-order valence-electron chi connectivity index (χ3n) is 1.97. The van der Waals surface area contributed by atoms with E-state index in [1.54, 1.807) is 24.3 Å². The largest absolute Gasteiger partial charge is 0.479 e. The number of carbonyl (C=O) groups is 1. The topological polar surface area (TPSA) is 72.5 Å². The first kappa shape index (κ1) is 11.5. The molecule has 0 aliphatic heterocycles. The zero-order valence-electron chi connectivity index (χ0n) is 8.43. The zero-order valence-corrected chi connectivity index (χ0v) is 8.43. The standard InChI is InChI=1S/C11H15NO3/c12-8-4-7-10(11(13)14)15-9-5-2-1-3-6-9/h1-3,5-6,10H,4,7-8,12H2,(H,13,14). The van der Waals surface area contributed by atoms with Crippen molar-refractivity contribution in [2.75, 3.05) is 6.54 Å². The third kappa shape index (κ3) is 3.99. The summed E-state index contributed by atoms with van der Waals surface area (Å²) < 4.78 is 5.32. The van der Waals surface area contributed by atoms with Crippen molar-refractivity contribution in [3.63, 3.8) is 0 Å². The van der Waals surface area contributed by atoms with Crippen LogP contribution in [0.2, 0.25) is 0 Å². The van der Waals surface area contributed by atoms with Crippen molar-refractivity contribution in [3.8, 4) is 5.75 Å². The van der Waals surface area contributed by atoms with Crippen LogP contribution in [-0.2, 0) is 4.79 Å². The van der Waals surface area contributed by atoms with E-state index >= 15 is 0 Å². The molecule has 0 fully saturated rings. The Morgan fingerprint density at radius 1 is 1.40 bits per heavy atom. The zero-order chi connectivity index (χ0) is 11.1. The number of nitrogens with two attached hydrogens (primary N) is 1. The lowest BCUT2D eigenvalue weighted by molar-refractivity contribution is -0.145. The maximum Gasteiger partial charge on any atom is 0.344 e. The van der Waals surface area contributed by atoms with Gasteiger partial charge in [-0.3, -0.25) is 0 Å². The van der Waals surface area contributed by atoms with Gasteiger partial charge in [-0.05, 0) is 31.5 Å². The normalized spacial score (nSPS) is 12.1. The molecular weight excluding hydrogens is 194 g/mol. The SMILES string of the molecule is NCCCC(Oc1ccccc1)C(=O)O. The van der Waals surface area contributed by atoms with E-state index in [0.717, 1.165) is 0 Å². The number of benzene rings is 1. The van der Waals surface area contributed by atoms with Gasteiger partial charge in [0.15, 0.2) is 6.10 Å². The molecule has 0 saturated carbocycles. The highest BCUT2D eigenvalue weighted by molar-refractivity contribution is 5.72. The predicted molar refractivity (Wildman–Crippen MR) is 56.8 cm³/mol. The molecule has 1 aromatic rings. The quantitative estimate of drug-likeness (QED) is 0.739. The summed E-state index contributed by atoms with van der Waals surface area (Å²) in [7, 11) is 0. The van der Waals surface area contributed by atoms with Crippen LogP contribution in [-0.4, -0.2) is 23.7 Å². The van der Waals surface area contributed by atoms with E-state index in [-0.39, 0.29) is 0 Å². The summed E-state index contributed by atoms with van der Waals surface area (Å²) in [5.41, 5.74) is 5.32. The average molecular weight is 209 g/mol. The number of para-hydroxylation sites is 1. The summed E-state index contributed by atoms with van der Waals surface area (Å²) in [5.74, 6) is -0.380. The van der Waals surface area contributed by atoms with Gasteiger partial charge in [0.1, 0.15) is 5.75 Å². The summed E-state index contributed by atoms with van der Waals surface area (Å²) in [6.45, 7) is 0.474. The van der Waals surface area contributed by atoms with Gasteiger partial charge in [-0.25, -0.2) is 4.79 Å². The smallest absolute Gasteiger partial charge is 0.344 e. The molecule has 3 N–H and O–H groups in total. The van der Waals surface area contributed by atoms with Crippen molar-refractivity contribution in [3.05, 3.63) is 30.3 Å². The monoisotopic (exact) mass is 209 g/mol. The third-order valence-corrected chi connectivity index (χ3v) is 1.97. The van der Waals surface area contributed by atoms with Crippen molar-refractivity contribution >= 4 is 5.97 Å². The van der Waals surface area contributed by atoms with E-state index < -0.39 is 12.1 Å². The highest BCUT2D eigenvalue weighted by Gasteiger charge is 2.18. The Kier molecular flexibility index (Phi) is 4.63. The van der Waals surface area contributed by atoms with Gasteiger partial charge in [0.25, 0.3) is 0 Å². The number of hydrogen-bond donors (Lipinski definition) is 2.